The zero-order chi connectivity index (χ0) is 11.3. The fraction of sp³-hybridized carbons (Fsp3) is 0.364. The monoisotopic (exact) mass is 209 g/mol. The number of ether oxygens (including phenoxy) is 2. The number of hydrogen-bond acceptors (Lipinski definition) is 4. The molecule has 0 aliphatic heterocycles. The lowest BCUT2D eigenvalue weighted by atomic mass is 10.1. The second-order valence-corrected chi connectivity index (χ2v) is 2.95. The molecular formula is C11H15NO3. The molecule has 82 valence electrons. The molecule has 4 heteroatoms. The molecule has 0 amide bonds. The van der Waals surface area contributed by atoms with Gasteiger partial charge in [-0.1, -0.05) is 6.07 Å². The SMILES string of the molecule is CCOC(=O)c1ccc(CN)c(OC)c1. The van der Waals surface area contributed by atoms with E-state index < -0.39 is 0 Å². The first-order chi connectivity index (χ1) is 7.22. The van der Waals surface area contributed by atoms with Crippen molar-refractivity contribution in [3.05, 3.63) is 29.3 Å². The highest BCUT2D eigenvalue weighted by atomic mass is 16.5. The third kappa shape index (κ3) is 2.70. The lowest BCUT2D eigenvalue weighted by molar-refractivity contribution is 0.0526. The second-order valence-electron chi connectivity index (χ2n) is 2.95. The van der Waals surface area contributed by atoms with E-state index in [1.165, 1.54) is 0 Å². The average molecular weight is 209 g/mol. The number of carbonyl (C=O) groups excluding carboxylic acids is 1. The van der Waals surface area contributed by atoms with Gasteiger partial charge in [-0.15, -0.1) is 0 Å². The van der Waals surface area contributed by atoms with Crippen LogP contribution in [0.3, 0.4) is 0 Å². The Balaban J connectivity index is 2.97. The number of hydrogen-bond donors (Lipinski definition) is 1. The van der Waals surface area contributed by atoms with Gasteiger partial charge in [0.25, 0.3) is 0 Å². The van der Waals surface area contributed by atoms with Crippen molar-refractivity contribution in [3.8, 4) is 5.75 Å². The normalized spacial score (nSPS) is 9.80. The van der Waals surface area contributed by atoms with Crippen molar-refractivity contribution in [3.63, 3.8) is 0 Å². The number of carbonyl (C=O) groups is 1. The van der Waals surface area contributed by atoms with Gasteiger partial charge in [-0.05, 0) is 19.1 Å². The topological polar surface area (TPSA) is 61.5 Å². The third-order valence-electron chi connectivity index (χ3n) is 2.02. The van der Waals surface area contributed by atoms with E-state index in [0.717, 1.165) is 5.56 Å². The van der Waals surface area contributed by atoms with Crippen molar-refractivity contribution in [2.45, 2.75) is 13.5 Å². The molecule has 0 spiro atoms. The van der Waals surface area contributed by atoms with Gasteiger partial charge in [0.15, 0.2) is 0 Å². The van der Waals surface area contributed by atoms with Crippen LogP contribution in [0, 0.1) is 0 Å². The molecule has 2 N–H and O–H groups in total. The Morgan fingerprint density at radius 1 is 1.47 bits per heavy atom. The molecule has 0 aliphatic rings. The number of benzene rings is 1. The summed E-state index contributed by atoms with van der Waals surface area (Å²) in [4.78, 5) is 11.4. The maximum absolute atomic E-state index is 11.4. The first-order valence-electron chi connectivity index (χ1n) is 4.77. The highest BCUT2D eigenvalue weighted by Crippen LogP contribution is 2.20. The number of esters is 1. The number of methoxy groups -OCH3 is 1. The van der Waals surface area contributed by atoms with Crippen LogP contribution in [0.5, 0.6) is 5.75 Å². The van der Waals surface area contributed by atoms with Crippen molar-refractivity contribution in [1.82, 2.24) is 0 Å². The summed E-state index contributed by atoms with van der Waals surface area (Å²) in [7, 11) is 1.55. The Hall–Kier alpha value is -1.55. The summed E-state index contributed by atoms with van der Waals surface area (Å²) in [5.74, 6) is 0.266. The fourth-order valence-corrected chi connectivity index (χ4v) is 1.25. The minimum atomic E-state index is -0.348. The van der Waals surface area contributed by atoms with Gasteiger partial charge in [-0.3, -0.25) is 0 Å². The summed E-state index contributed by atoms with van der Waals surface area (Å²) in [6.07, 6.45) is 0. The van der Waals surface area contributed by atoms with E-state index in [1.54, 1.807) is 32.2 Å². The Bertz CT molecular complexity index is 350. The van der Waals surface area contributed by atoms with Crippen LogP contribution in [-0.4, -0.2) is 19.7 Å². The van der Waals surface area contributed by atoms with Gasteiger partial charge in [0.1, 0.15) is 5.75 Å². The summed E-state index contributed by atoms with van der Waals surface area (Å²) in [6.45, 7) is 2.51. The Labute approximate surface area is 89.0 Å². The van der Waals surface area contributed by atoms with Gasteiger partial charge in [0.05, 0.1) is 19.3 Å². The molecule has 0 aromatic heterocycles. The van der Waals surface area contributed by atoms with Crippen molar-refractivity contribution < 1.29 is 14.3 Å². The van der Waals surface area contributed by atoms with Gasteiger partial charge in [-0.25, -0.2) is 4.79 Å². The maximum atomic E-state index is 11.4. The summed E-state index contributed by atoms with van der Waals surface area (Å²) in [5.41, 5.74) is 6.86. The molecule has 1 rings (SSSR count). The molecule has 1 aromatic rings. The van der Waals surface area contributed by atoms with E-state index >= 15 is 0 Å². The lowest BCUT2D eigenvalue weighted by Crippen LogP contribution is -2.06. The largest absolute Gasteiger partial charge is 0.496 e. The first kappa shape index (κ1) is 11.5. The molecule has 0 aliphatic carbocycles. The minimum Gasteiger partial charge on any atom is -0.496 e. The van der Waals surface area contributed by atoms with Crippen LogP contribution in [0.4, 0.5) is 0 Å². The van der Waals surface area contributed by atoms with Crippen LogP contribution in [0.15, 0.2) is 18.2 Å². The minimum absolute atomic E-state index is 0.348. The van der Waals surface area contributed by atoms with Crippen LogP contribution >= 0.6 is 0 Å². The summed E-state index contributed by atoms with van der Waals surface area (Å²) < 4.78 is 9.99. The Morgan fingerprint density at radius 2 is 2.20 bits per heavy atom. The maximum Gasteiger partial charge on any atom is 0.338 e. The zero-order valence-corrected chi connectivity index (χ0v) is 8.95. The van der Waals surface area contributed by atoms with Crippen LogP contribution in [0.2, 0.25) is 0 Å². The van der Waals surface area contributed by atoms with Crippen LogP contribution in [0.1, 0.15) is 22.8 Å². The highest BCUT2D eigenvalue weighted by molar-refractivity contribution is 5.90. The fourth-order valence-electron chi connectivity index (χ4n) is 1.25. The zero-order valence-electron chi connectivity index (χ0n) is 8.95. The van der Waals surface area contributed by atoms with Gasteiger partial charge in [0.2, 0.25) is 0 Å². The van der Waals surface area contributed by atoms with Crippen molar-refractivity contribution in [2.75, 3.05) is 13.7 Å². The van der Waals surface area contributed by atoms with E-state index in [4.69, 9.17) is 15.2 Å². The number of rotatable bonds is 4. The van der Waals surface area contributed by atoms with Crippen LogP contribution < -0.4 is 10.5 Å². The van der Waals surface area contributed by atoms with E-state index in [1.807, 2.05) is 0 Å². The van der Waals surface area contributed by atoms with E-state index in [2.05, 4.69) is 0 Å². The summed E-state index contributed by atoms with van der Waals surface area (Å²) in [6, 6.07) is 5.09. The molecule has 0 unspecified atom stereocenters. The van der Waals surface area contributed by atoms with Crippen LogP contribution in [-0.2, 0) is 11.3 Å². The molecule has 0 bridgehead atoms. The molecule has 0 fully saturated rings. The smallest absolute Gasteiger partial charge is 0.338 e. The molecule has 0 atom stereocenters. The quantitative estimate of drug-likeness (QED) is 0.760. The highest BCUT2D eigenvalue weighted by Gasteiger charge is 2.09. The molecule has 0 heterocycles. The molecule has 0 saturated carbocycles. The lowest BCUT2D eigenvalue weighted by Gasteiger charge is -2.08. The van der Waals surface area contributed by atoms with Gasteiger partial charge in [-0.2, -0.15) is 0 Å². The van der Waals surface area contributed by atoms with E-state index in [9.17, 15) is 4.79 Å². The molecule has 4 nitrogen and oxygen atoms in total. The molecule has 1 aromatic carbocycles. The first-order valence-corrected chi connectivity index (χ1v) is 4.77. The van der Waals surface area contributed by atoms with Gasteiger partial charge >= 0.3 is 5.97 Å². The van der Waals surface area contributed by atoms with Crippen LogP contribution in [0.25, 0.3) is 0 Å². The predicted molar refractivity (Wildman–Crippen MR) is 56.8 cm³/mol. The second kappa shape index (κ2) is 5.36. The van der Waals surface area contributed by atoms with E-state index in [-0.39, 0.29) is 5.97 Å². The van der Waals surface area contributed by atoms with Gasteiger partial charge < -0.3 is 15.2 Å². The third-order valence-corrected chi connectivity index (χ3v) is 2.02. The Morgan fingerprint density at radius 3 is 2.73 bits per heavy atom. The predicted octanol–water partition coefficient (Wildman–Crippen LogP) is 1.33. The molecular weight excluding hydrogens is 194 g/mol. The molecule has 15 heavy (non-hydrogen) atoms. The van der Waals surface area contributed by atoms with Crippen molar-refractivity contribution in [1.29, 1.82) is 0 Å². The Kier molecular flexibility index (Phi) is 4.12. The number of nitrogens with two attached hydrogens (primary N) is 1. The van der Waals surface area contributed by atoms with Gasteiger partial charge in [0, 0.05) is 12.1 Å². The molecule has 0 radical (unpaired) electrons. The van der Waals surface area contributed by atoms with E-state index in [0.29, 0.717) is 24.5 Å². The average Bonchev–Trinajstić information content (AvgIpc) is 2.28. The summed E-state index contributed by atoms with van der Waals surface area (Å²) in [5, 5.41) is 0. The van der Waals surface area contributed by atoms with Crippen molar-refractivity contribution in [2.24, 2.45) is 5.73 Å². The summed E-state index contributed by atoms with van der Waals surface area (Å²) >= 11 is 0. The van der Waals surface area contributed by atoms with Crippen molar-refractivity contribution >= 4 is 5.97 Å². The standard InChI is InChI=1S/C11H15NO3/c1-3-15-11(13)8-4-5-9(7-12)10(6-8)14-2/h4-6H,3,7,12H2,1-2H3. The molecule has 0 saturated heterocycles.